The van der Waals surface area contributed by atoms with E-state index in [-0.39, 0.29) is 5.41 Å². The van der Waals surface area contributed by atoms with Crippen molar-refractivity contribution in [2.24, 2.45) is 29.1 Å². The molecule has 10 aliphatic carbocycles. The molecule has 7 bridgehead atoms. The van der Waals surface area contributed by atoms with Crippen LogP contribution in [-0.2, 0) is 31.1 Å². The molecule has 16 rings (SSSR count). The quantitative estimate of drug-likeness (QED) is 0.156. The van der Waals surface area contributed by atoms with Crippen molar-refractivity contribution in [3.05, 3.63) is 80.7 Å². The summed E-state index contributed by atoms with van der Waals surface area (Å²) in [6.45, 7) is 7.24. The number of benzene rings is 3. The van der Waals surface area contributed by atoms with Crippen molar-refractivity contribution in [2.75, 3.05) is 0 Å². The molecule has 2 nitrogen and oxygen atoms in total. The highest BCUT2D eigenvalue weighted by molar-refractivity contribution is 6.29. The van der Waals surface area contributed by atoms with Crippen LogP contribution < -0.4 is 0 Å². The number of hydrogen-bond donors (Lipinski definition) is 0. The minimum atomic E-state index is 0.176. The molecule has 1 spiro atoms. The van der Waals surface area contributed by atoms with Gasteiger partial charge in [0.1, 0.15) is 0 Å². The predicted molar refractivity (Wildman–Crippen MR) is 211 cm³/mol. The van der Waals surface area contributed by atoms with Gasteiger partial charge in [-0.15, -0.1) is 0 Å². The molecule has 10 aliphatic rings. The van der Waals surface area contributed by atoms with Gasteiger partial charge < -0.3 is 4.40 Å². The van der Waals surface area contributed by atoms with Crippen molar-refractivity contribution in [1.82, 2.24) is 9.38 Å². The summed E-state index contributed by atoms with van der Waals surface area (Å²) < 4.78 is 2.83. The van der Waals surface area contributed by atoms with Crippen LogP contribution >= 0.6 is 0 Å². The fraction of sp³-hybridized carbons (Fsp3) is 0.540. The standard InChI is InChI=1S/C50H50N2/c1-49(2,3)31-15-25-4-6-35-42-36(7-5-26(16-31)39(25)42)44-46-38(22-51-47-30-18-33-19-32-17-29(41(46)47)20-50(32,33)21-30)52-37-9-8-34-27-11-23-10-24(12-27)14-28(13-23)40(34)45(37)43(35)48(44)52/h8-9,15-16,22-24,27-30,32-33H,4-7,10-14,17-21H2,1-3H3. The van der Waals surface area contributed by atoms with Gasteiger partial charge in [0.15, 0.2) is 0 Å². The number of hydrogen-bond acceptors (Lipinski definition) is 1. The molecule has 3 aromatic heterocycles. The molecule has 260 valence electrons. The summed E-state index contributed by atoms with van der Waals surface area (Å²) in [7, 11) is 0. The Hall–Kier alpha value is -3.39. The van der Waals surface area contributed by atoms with Gasteiger partial charge in [0.05, 0.1) is 22.7 Å². The molecule has 3 heterocycles. The molecule has 5 fully saturated rings. The van der Waals surface area contributed by atoms with E-state index in [1.807, 2.05) is 5.56 Å². The monoisotopic (exact) mass is 678 g/mol. The summed E-state index contributed by atoms with van der Waals surface area (Å²) in [5.41, 5.74) is 23.8. The lowest BCUT2D eigenvalue weighted by Gasteiger charge is -2.48. The summed E-state index contributed by atoms with van der Waals surface area (Å²) >= 11 is 0. The molecule has 5 saturated carbocycles. The van der Waals surface area contributed by atoms with Gasteiger partial charge in [-0.3, -0.25) is 4.98 Å². The van der Waals surface area contributed by atoms with Crippen LogP contribution in [0.25, 0.3) is 49.2 Å². The molecular weight excluding hydrogens is 629 g/mol. The van der Waals surface area contributed by atoms with E-state index >= 15 is 0 Å². The van der Waals surface area contributed by atoms with Crippen molar-refractivity contribution in [1.29, 1.82) is 0 Å². The molecule has 6 aromatic rings. The first-order chi connectivity index (χ1) is 25.3. The highest BCUT2D eigenvalue weighted by Crippen LogP contribution is 2.76. The molecule has 2 heteroatoms. The van der Waals surface area contributed by atoms with Crippen molar-refractivity contribution in [3.63, 3.8) is 0 Å². The maximum Gasteiger partial charge on any atom is 0.0728 e. The van der Waals surface area contributed by atoms with Gasteiger partial charge in [-0.05, 0) is 204 Å². The highest BCUT2D eigenvalue weighted by atomic mass is 14.9. The van der Waals surface area contributed by atoms with E-state index in [4.69, 9.17) is 4.98 Å². The first-order valence-corrected chi connectivity index (χ1v) is 21.7. The Bertz CT molecular complexity index is 2670. The molecule has 0 amide bonds. The number of rotatable bonds is 0. The zero-order chi connectivity index (χ0) is 33.7. The number of aryl methyl sites for hydroxylation is 4. The number of aromatic nitrogens is 2. The smallest absolute Gasteiger partial charge is 0.0728 e. The average Bonchev–Trinajstić information content (AvgIpc) is 3.77. The topological polar surface area (TPSA) is 17.3 Å². The van der Waals surface area contributed by atoms with Gasteiger partial charge in [0.2, 0.25) is 0 Å². The number of nitrogens with zero attached hydrogens (tertiary/aromatic N) is 2. The van der Waals surface area contributed by atoms with Crippen LogP contribution in [-0.4, -0.2) is 9.38 Å². The third kappa shape index (κ3) is 2.97. The van der Waals surface area contributed by atoms with Gasteiger partial charge in [-0.1, -0.05) is 39.0 Å². The van der Waals surface area contributed by atoms with Crippen molar-refractivity contribution >= 4 is 38.1 Å². The maximum atomic E-state index is 5.64. The Morgan fingerprint density at radius 3 is 2.04 bits per heavy atom. The Balaban J connectivity index is 1.14. The normalized spacial score (nSPS) is 35.4. The minimum Gasteiger partial charge on any atom is -0.306 e. The molecule has 0 radical (unpaired) electrons. The van der Waals surface area contributed by atoms with Gasteiger partial charge in [-0.25, -0.2) is 0 Å². The lowest BCUT2D eigenvalue weighted by molar-refractivity contribution is 0.00321. The second kappa shape index (κ2) is 8.61. The second-order valence-electron chi connectivity index (χ2n) is 21.4. The van der Waals surface area contributed by atoms with E-state index in [9.17, 15) is 0 Å². The van der Waals surface area contributed by atoms with Crippen LogP contribution in [0.2, 0.25) is 0 Å². The molecular formula is C50H50N2. The second-order valence-corrected chi connectivity index (χ2v) is 21.4. The van der Waals surface area contributed by atoms with Crippen LogP contribution in [0.4, 0.5) is 0 Å². The maximum absolute atomic E-state index is 5.64. The molecule has 0 aliphatic heterocycles. The molecule has 7 atom stereocenters. The number of fused-ring (bicyclic) bond motifs is 14. The Morgan fingerprint density at radius 2 is 1.31 bits per heavy atom. The first-order valence-electron chi connectivity index (χ1n) is 21.7. The van der Waals surface area contributed by atoms with E-state index in [1.54, 1.807) is 71.6 Å². The van der Waals surface area contributed by atoms with Crippen molar-refractivity contribution in [3.8, 4) is 11.1 Å². The predicted octanol–water partition coefficient (Wildman–Crippen LogP) is 12.2. The first kappa shape index (κ1) is 28.1. The van der Waals surface area contributed by atoms with E-state index in [1.165, 1.54) is 112 Å². The molecule has 7 unspecified atom stereocenters. The lowest BCUT2D eigenvalue weighted by Crippen LogP contribution is -2.41. The van der Waals surface area contributed by atoms with Crippen LogP contribution in [0.5, 0.6) is 0 Å². The highest BCUT2D eigenvalue weighted by Gasteiger charge is 2.66. The lowest BCUT2D eigenvalue weighted by atomic mass is 9.56. The van der Waals surface area contributed by atoms with E-state index < -0.39 is 0 Å². The van der Waals surface area contributed by atoms with E-state index in [0.29, 0.717) is 17.3 Å². The fourth-order valence-corrected chi connectivity index (χ4v) is 16.7. The Labute approximate surface area is 307 Å². The van der Waals surface area contributed by atoms with Crippen molar-refractivity contribution in [2.45, 2.75) is 140 Å². The zero-order valence-electron chi connectivity index (χ0n) is 31.3. The van der Waals surface area contributed by atoms with Crippen LogP contribution in [0, 0.1) is 29.1 Å². The summed E-state index contributed by atoms with van der Waals surface area (Å²) in [5.74, 6) is 6.75. The Morgan fingerprint density at radius 1 is 0.635 bits per heavy atom. The van der Waals surface area contributed by atoms with Crippen LogP contribution in [0.15, 0.2) is 30.5 Å². The fourth-order valence-electron chi connectivity index (χ4n) is 16.7. The zero-order valence-corrected chi connectivity index (χ0v) is 31.3. The van der Waals surface area contributed by atoms with E-state index in [0.717, 1.165) is 35.5 Å². The van der Waals surface area contributed by atoms with Gasteiger partial charge in [-0.2, -0.15) is 0 Å². The molecule has 0 N–H and O–H groups in total. The largest absolute Gasteiger partial charge is 0.306 e. The van der Waals surface area contributed by atoms with Crippen LogP contribution in [0.1, 0.15) is 159 Å². The molecule has 52 heavy (non-hydrogen) atoms. The third-order valence-electron chi connectivity index (χ3n) is 18.3. The Kier molecular flexibility index (Phi) is 4.65. The number of pyridine rings is 1. The molecule has 0 saturated heterocycles. The summed E-state index contributed by atoms with van der Waals surface area (Å²) in [6.07, 6.45) is 21.6. The van der Waals surface area contributed by atoms with Gasteiger partial charge in [0.25, 0.3) is 0 Å². The summed E-state index contributed by atoms with van der Waals surface area (Å²) in [4.78, 5) is 5.64. The van der Waals surface area contributed by atoms with Crippen LogP contribution in [0.3, 0.4) is 0 Å². The van der Waals surface area contributed by atoms with Gasteiger partial charge >= 0.3 is 0 Å². The third-order valence-corrected chi connectivity index (χ3v) is 18.3. The minimum absolute atomic E-state index is 0.176. The average molecular weight is 679 g/mol. The summed E-state index contributed by atoms with van der Waals surface area (Å²) in [6, 6.07) is 10.5. The summed E-state index contributed by atoms with van der Waals surface area (Å²) in [5, 5.41) is 6.71. The SMILES string of the molecule is CC(C)(C)c1cc2c3c(c1)CCc1c-3c(c3c4c5c(ccc4n4c6cnc7c(c6c1c34)C1CC3CC4CC7CC43C1)C1CC3CC(C1)CC5C3)CC2. The molecule has 3 aromatic carbocycles. The van der Waals surface area contributed by atoms with Crippen molar-refractivity contribution < 1.29 is 0 Å². The van der Waals surface area contributed by atoms with Gasteiger partial charge in [0, 0.05) is 33.2 Å². The van der Waals surface area contributed by atoms with E-state index in [2.05, 4.69) is 55.6 Å².